The molecule has 3 aromatic carbocycles. The molecule has 0 fully saturated rings. The first kappa shape index (κ1) is 40.1. The number of benzene rings is 3. The first-order valence-electron chi connectivity index (χ1n) is 19.2. The molecule has 0 heterocycles. The summed E-state index contributed by atoms with van der Waals surface area (Å²) in [5, 5.41) is 4.62. The average Bonchev–Trinajstić information content (AvgIpc) is 3.28. The fourth-order valence-electron chi connectivity index (χ4n) is 7.66. The van der Waals surface area contributed by atoms with E-state index in [4.69, 9.17) is 0 Å². The lowest BCUT2D eigenvalue weighted by Crippen LogP contribution is -2.71. The summed E-state index contributed by atoms with van der Waals surface area (Å²) in [5.41, 5.74) is 11.9. The SMILES string of the molecule is CC1=CC=C(C)C1[Si](c1cc(C(C)(C)C)cc(C(C)(C)C)c1)(c1cc(C(C)(C)C)cc(C(C)(C)C)c1)c1cc(C(C)(C)C)cc(C(C)(C)C)c1. The van der Waals surface area contributed by atoms with Gasteiger partial charge in [-0.15, -0.1) is 0 Å². The van der Waals surface area contributed by atoms with Crippen molar-refractivity contribution in [1.82, 2.24) is 0 Å². The standard InChI is InChI=1S/C49H72Si/c1-32-21-22-33(2)43(32)50(40-26-34(44(3,4)5)23-35(27-40)45(6,7)8,41-28-36(46(9,10)11)24-37(29-41)47(12,13)14)42-30-38(48(15,16)17)25-39(31-42)49(18,19)20/h21-31,43H,1-20H3. The van der Waals surface area contributed by atoms with E-state index in [-0.39, 0.29) is 32.5 Å². The van der Waals surface area contributed by atoms with Crippen molar-refractivity contribution in [2.45, 2.75) is 177 Å². The lowest BCUT2D eigenvalue weighted by atomic mass is 9.80. The molecule has 50 heavy (non-hydrogen) atoms. The molecule has 0 atom stereocenters. The van der Waals surface area contributed by atoms with E-state index in [1.807, 2.05) is 0 Å². The molecule has 0 radical (unpaired) electrons. The molecular weight excluding hydrogens is 617 g/mol. The van der Waals surface area contributed by atoms with Gasteiger partial charge in [0.05, 0.1) is 0 Å². The van der Waals surface area contributed by atoms with Crippen molar-refractivity contribution in [1.29, 1.82) is 0 Å². The van der Waals surface area contributed by atoms with Gasteiger partial charge in [0.1, 0.15) is 0 Å². The zero-order chi connectivity index (χ0) is 38.2. The van der Waals surface area contributed by atoms with Gasteiger partial charge in [0.2, 0.25) is 0 Å². The molecule has 1 aliphatic carbocycles. The van der Waals surface area contributed by atoms with Crippen LogP contribution in [0.3, 0.4) is 0 Å². The van der Waals surface area contributed by atoms with Crippen LogP contribution in [0.5, 0.6) is 0 Å². The van der Waals surface area contributed by atoms with Gasteiger partial charge in [-0.05, 0) is 95.3 Å². The first-order valence-corrected chi connectivity index (χ1v) is 21.3. The smallest absolute Gasteiger partial charge is 0.0679 e. The number of hydrogen-bond acceptors (Lipinski definition) is 0. The maximum absolute atomic E-state index is 2.91. The highest BCUT2D eigenvalue weighted by molar-refractivity contribution is 7.13. The van der Waals surface area contributed by atoms with Crippen LogP contribution in [0.25, 0.3) is 0 Å². The molecule has 3 aromatic rings. The summed E-state index contributed by atoms with van der Waals surface area (Å²) >= 11 is 0. The minimum absolute atomic E-state index is 0.00918. The second-order valence-electron chi connectivity index (χ2n) is 22.0. The van der Waals surface area contributed by atoms with E-state index in [1.54, 1.807) is 15.6 Å². The molecule has 272 valence electrons. The van der Waals surface area contributed by atoms with Gasteiger partial charge in [0.15, 0.2) is 8.07 Å². The highest BCUT2D eigenvalue weighted by atomic mass is 28.3. The van der Waals surface area contributed by atoms with Crippen LogP contribution < -0.4 is 15.6 Å². The van der Waals surface area contributed by atoms with E-state index >= 15 is 0 Å². The molecule has 0 N–H and O–H groups in total. The molecule has 1 heteroatoms. The van der Waals surface area contributed by atoms with Crippen molar-refractivity contribution < 1.29 is 0 Å². The van der Waals surface area contributed by atoms with Crippen LogP contribution in [0.4, 0.5) is 0 Å². The van der Waals surface area contributed by atoms with Crippen LogP contribution in [0.15, 0.2) is 77.9 Å². The van der Waals surface area contributed by atoms with Crippen molar-refractivity contribution in [3.63, 3.8) is 0 Å². The van der Waals surface area contributed by atoms with Crippen LogP contribution in [-0.4, -0.2) is 8.07 Å². The van der Waals surface area contributed by atoms with Gasteiger partial charge in [-0.2, -0.15) is 0 Å². The lowest BCUT2D eigenvalue weighted by molar-refractivity contribution is 0.569. The first-order chi connectivity index (χ1) is 22.4. The van der Waals surface area contributed by atoms with Crippen molar-refractivity contribution >= 4 is 23.6 Å². The fourth-order valence-corrected chi connectivity index (χ4v) is 13.5. The molecule has 0 nitrogen and oxygen atoms in total. The highest BCUT2D eigenvalue weighted by Crippen LogP contribution is 2.43. The Morgan fingerprint density at radius 1 is 0.320 bits per heavy atom. The number of allylic oxidation sites excluding steroid dienone is 4. The topological polar surface area (TPSA) is 0 Å². The molecule has 0 unspecified atom stereocenters. The summed E-state index contributed by atoms with van der Waals surface area (Å²) in [7, 11) is -2.91. The molecule has 0 spiro atoms. The Labute approximate surface area is 310 Å². The Kier molecular flexibility index (Phi) is 10.3. The second kappa shape index (κ2) is 12.8. The minimum Gasteiger partial charge on any atom is -0.0679 e. The third kappa shape index (κ3) is 7.89. The van der Waals surface area contributed by atoms with Crippen LogP contribution in [0.2, 0.25) is 5.54 Å². The largest absolute Gasteiger partial charge is 0.159 e. The number of hydrogen-bond donors (Lipinski definition) is 0. The van der Waals surface area contributed by atoms with Crippen LogP contribution in [-0.2, 0) is 32.5 Å². The van der Waals surface area contributed by atoms with Crippen molar-refractivity contribution in [2.75, 3.05) is 0 Å². The quantitative estimate of drug-likeness (QED) is 0.189. The zero-order valence-electron chi connectivity index (χ0n) is 35.9. The minimum atomic E-state index is -2.91. The summed E-state index contributed by atoms with van der Waals surface area (Å²) in [6.45, 7) is 47.9. The van der Waals surface area contributed by atoms with E-state index in [9.17, 15) is 0 Å². The Morgan fingerprint density at radius 2 is 0.500 bits per heavy atom. The van der Waals surface area contributed by atoms with E-state index in [0.717, 1.165) is 0 Å². The Hall–Kier alpha value is -2.64. The second-order valence-corrected chi connectivity index (χ2v) is 25.9. The van der Waals surface area contributed by atoms with E-state index in [0.29, 0.717) is 5.54 Å². The predicted molar refractivity (Wildman–Crippen MR) is 227 cm³/mol. The van der Waals surface area contributed by atoms with Gasteiger partial charge in [-0.3, -0.25) is 0 Å². The molecular formula is C49H72Si. The van der Waals surface area contributed by atoms with Gasteiger partial charge in [0, 0.05) is 5.54 Å². The maximum atomic E-state index is 2.65. The van der Waals surface area contributed by atoms with Gasteiger partial charge >= 0.3 is 0 Å². The van der Waals surface area contributed by atoms with Gasteiger partial charge in [-0.1, -0.05) is 203 Å². The summed E-state index contributed by atoms with van der Waals surface area (Å²) in [6.07, 6.45) is 4.85. The molecule has 0 saturated carbocycles. The van der Waals surface area contributed by atoms with Crippen LogP contribution in [0, 0.1) is 0 Å². The Morgan fingerprint density at radius 3 is 0.660 bits per heavy atom. The van der Waals surface area contributed by atoms with Gasteiger partial charge in [-0.25, -0.2) is 0 Å². The Bertz CT molecular complexity index is 1500. The van der Waals surface area contributed by atoms with E-state index < -0.39 is 8.07 Å². The monoisotopic (exact) mass is 689 g/mol. The summed E-state index contributed by atoms with van der Waals surface area (Å²) in [4.78, 5) is 0. The van der Waals surface area contributed by atoms with Crippen molar-refractivity contribution in [3.8, 4) is 0 Å². The van der Waals surface area contributed by atoms with E-state index in [1.165, 1.54) is 44.5 Å². The normalized spacial score (nSPS) is 15.8. The van der Waals surface area contributed by atoms with Gasteiger partial charge in [0.25, 0.3) is 0 Å². The van der Waals surface area contributed by atoms with Crippen LogP contribution in [0.1, 0.15) is 172 Å². The van der Waals surface area contributed by atoms with Crippen molar-refractivity contribution in [3.05, 3.63) is 111 Å². The highest BCUT2D eigenvalue weighted by Gasteiger charge is 2.51. The third-order valence-corrected chi connectivity index (χ3v) is 16.7. The Balaban J connectivity index is 2.47. The third-order valence-electron chi connectivity index (χ3n) is 11.3. The summed E-state index contributed by atoms with van der Waals surface area (Å²) < 4.78 is 0. The van der Waals surface area contributed by atoms with Crippen LogP contribution >= 0.6 is 0 Å². The van der Waals surface area contributed by atoms with Crippen molar-refractivity contribution in [2.24, 2.45) is 0 Å². The zero-order valence-corrected chi connectivity index (χ0v) is 36.9. The molecule has 0 aromatic heterocycles. The fraction of sp³-hybridized carbons (Fsp3) is 0.551. The summed E-state index contributed by atoms with van der Waals surface area (Å²) in [5.74, 6) is 0. The molecule has 0 aliphatic heterocycles. The maximum Gasteiger partial charge on any atom is 0.159 e. The average molecular weight is 689 g/mol. The molecule has 0 amide bonds. The van der Waals surface area contributed by atoms with E-state index in [2.05, 4.69) is 205 Å². The predicted octanol–water partition coefficient (Wildman–Crippen LogP) is 12.2. The lowest BCUT2D eigenvalue weighted by Gasteiger charge is -2.44. The van der Waals surface area contributed by atoms with Gasteiger partial charge < -0.3 is 0 Å². The molecule has 4 rings (SSSR count). The summed E-state index contributed by atoms with van der Waals surface area (Å²) in [6, 6.07) is 23.5. The number of rotatable bonds is 4. The molecule has 0 bridgehead atoms. The molecule has 0 saturated heterocycles. The molecule has 1 aliphatic rings.